The van der Waals surface area contributed by atoms with Gasteiger partial charge in [-0.05, 0) is 30.2 Å². The van der Waals surface area contributed by atoms with Crippen molar-refractivity contribution in [3.05, 3.63) is 47.5 Å². The average molecular weight is 458 g/mol. The van der Waals surface area contributed by atoms with Crippen LogP contribution in [-0.4, -0.2) is 34.7 Å². The first-order valence-corrected chi connectivity index (χ1v) is 7.65. The van der Waals surface area contributed by atoms with E-state index < -0.39 is 0 Å². The molecule has 0 saturated heterocycles. The van der Waals surface area contributed by atoms with E-state index in [-0.39, 0.29) is 29.8 Å². The monoisotopic (exact) mass is 458 g/mol. The van der Waals surface area contributed by atoms with Crippen LogP contribution in [0.4, 0.5) is 4.39 Å². The minimum atomic E-state index is -0.240. The molecular weight excluding hydrogens is 438 g/mol. The first-order valence-electron chi connectivity index (χ1n) is 7.65. The van der Waals surface area contributed by atoms with Gasteiger partial charge in [-0.1, -0.05) is 5.16 Å². The zero-order chi connectivity index (χ0) is 16.9. The molecular formula is C16H20FIN6O. The van der Waals surface area contributed by atoms with Crippen molar-refractivity contribution < 1.29 is 8.91 Å². The summed E-state index contributed by atoms with van der Waals surface area (Å²) >= 11 is 0. The maximum atomic E-state index is 13.2. The molecule has 0 amide bonds. The van der Waals surface area contributed by atoms with E-state index in [1.807, 2.05) is 6.20 Å². The highest BCUT2D eigenvalue weighted by molar-refractivity contribution is 14.0. The number of hydrogen-bond donors (Lipinski definition) is 3. The Labute approximate surface area is 161 Å². The van der Waals surface area contributed by atoms with E-state index in [0.717, 1.165) is 22.9 Å². The molecule has 0 atom stereocenters. The van der Waals surface area contributed by atoms with Gasteiger partial charge in [0.25, 0.3) is 0 Å². The summed E-state index contributed by atoms with van der Waals surface area (Å²) in [5, 5.41) is 11.2. The number of aryl methyl sites for hydroxylation is 1. The maximum Gasteiger partial charge on any atom is 0.223 e. The number of H-pyrrole nitrogens is 1. The van der Waals surface area contributed by atoms with Gasteiger partial charge in [0.2, 0.25) is 5.89 Å². The van der Waals surface area contributed by atoms with Crippen LogP contribution in [0.25, 0.3) is 10.9 Å². The number of aromatic amines is 1. The van der Waals surface area contributed by atoms with Gasteiger partial charge in [-0.3, -0.25) is 4.99 Å². The predicted octanol–water partition coefficient (Wildman–Crippen LogP) is 2.52. The molecule has 25 heavy (non-hydrogen) atoms. The number of aliphatic imine (C=N–C) groups is 1. The predicted molar refractivity (Wildman–Crippen MR) is 105 cm³/mol. The second-order valence-corrected chi connectivity index (χ2v) is 5.34. The molecule has 3 N–H and O–H groups in total. The number of aromatic nitrogens is 3. The summed E-state index contributed by atoms with van der Waals surface area (Å²) in [7, 11) is 1.70. The van der Waals surface area contributed by atoms with Gasteiger partial charge in [-0.15, -0.1) is 24.0 Å². The highest BCUT2D eigenvalue weighted by Crippen LogP contribution is 2.19. The zero-order valence-electron chi connectivity index (χ0n) is 14.0. The molecule has 0 fully saturated rings. The van der Waals surface area contributed by atoms with Crippen LogP contribution in [-0.2, 0) is 13.0 Å². The van der Waals surface area contributed by atoms with Crippen LogP contribution in [0.5, 0.6) is 0 Å². The molecule has 0 saturated carbocycles. The Hall–Kier alpha value is -2.17. The van der Waals surface area contributed by atoms with Gasteiger partial charge in [0.1, 0.15) is 5.82 Å². The second-order valence-electron chi connectivity index (χ2n) is 5.34. The molecule has 1 aromatic carbocycles. The molecule has 9 heteroatoms. The SMILES string of the molecule is CN=C(NCCc1c[nH]c2cc(F)ccc12)NCc1noc(C)n1.I. The summed E-state index contributed by atoms with van der Waals surface area (Å²) in [6, 6.07) is 4.77. The minimum Gasteiger partial charge on any atom is -0.361 e. The molecule has 0 radical (unpaired) electrons. The standard InChI is InChI=1S/C16H19FN6O.HI/c1-10-22-15(23-24-10)9-21-16(18-2)19-6-5-11-8-20-14-7-12(17)3-4-13(11)14;/h3-4,7-8,20H,5-6,9H2,1-2H3,(H2,18,19,21);1H. The lowest BCUT2D eigenvalue weighted by Crippen LogP contribution is -2.38. The van der Waals surface area contributed by atoms with Crippen molar-refractivity contribution in [1.29, 1.82) is 0 Å². The average Bonchev–Trinajstić information content (AvgIpc) is 3.16. The Kier molecular flexibility index (Phi) is 6.73. The lowest BCUT2D eigenvalue weighted by Gasteiger charge is -2.10. The molecule has 0 aliphatic rings. The normalized spacial score (nSPS) is 11.4. The lowest BCUT2D eigenvalue weighted by molar-refractivity contribution is 0.387. The molecule has 134 valence electrons. The number of guanidine groups is 1. The van der Waals surface area contributed by atoms with E-state index in [4.69, 9.17) is 4.52 Å². The van der Waals surface area contributed by atoms with Crippen molar-refractivity contribution in [3.63, 3.8) is 0 Å². The van der Waals surface area contributed by atoms with Crippen molar-refractivity contribution in [2.45, 2.75) is 19.9 Å². The fourth-order valence-corrected chi connectivity index (χ4v) is 2.48. The number of nitrogens with zero attached hydrogens (tertiary/aromatic N) is 3. The molecule has 0 unspecified atom stereocenters. The van der Waals surface area contributed by atoms with Gasteiger partial charge in [-0.25, -0.2) is 4.39 Å². The van der Waals surface area contributed by atoms with E-state index in [1.54, 1.807) is 20.0 Å². The van der Waals surface area contributed by atoms with Crippen LogP contribution in [0.3, 0.4) is 0 Å². The van der Waals surface area contributed by atoms with E-state index in [9.17, 15) is 4.39 Å². The molecule has 0 spiro atoms. The fourth-order valence-electron chi connectivity index (χ4n) is 2.48. The van der Waals surface area contributed by atoms with Crippen molar-refractivity contribution >= 4 is 40.8 Å². The first-order chi connectivity index (χ1) is 11.7. The molecule has 0 aliphatic carbocycles. The van der Waals surface area contributed by atoms with Crippen molar-refractivity contribution in [1.82, 2.24) is 25.8 Å². The molecule has 3 aromatic rings. The van der Waals surface area contributed by atoms with Crippen LogP contribution in [0.15, 0.2) is 33.9 Å². The fraction of sp³-hybridized carbons (Fsp3) is 0.312. The molecule has 7 nitrogen and oxygen atoms in total. The quantitative estimate of drug-likeness (QED) is 0.311. The van der Waals surface area contributed by atoms with Crippen LogP contribution >= 0.6 is 24.0 Å². The topological polar surface area (TPSA) is 91.1 Å². The Morgan fingerprint density at radius 3 is 2.92 bits per heavy atom. The molecule has 0 bridgehead atoms. The lowest BCUT2D eigenvalue weighted by atomic mass is 10.1. The number of fused-ring (bicyclic) bond motifs is 1. The van der Waals surface area contributed by atoms with E-state index in [0.29, 0.717) is 30.8 Å². The van der Waals surface area contributed by atoms with Crippen molar-refractivity contribution in [2.75, 3.05) is 13.6 Å². The van der Waals surface area contributed by atoms with E-state index in [2.05, 4.69) is 30.8 Å². The zero-order valence-corrected chi connectivity index (χ0v) is 16.3. The third kappa shape index (κ3) is 4.91. The molecule has 0 aliphatic heterocycles. The number of hydrogen-bond acceptors (Lipinski definition) is 4. The van der Waals surface area contributed by atoms with Crippen LogP contribution in [0.1, 0.15) is 17.3 Å². The summed E-state index contributed by atoms with van der Waals surface area (Å²) in [4.78, 5) is 11.4. The molecule has 2 heterocycles. The highest BCUT2D eigenvalue weighted by Gasteiger charge is 2.06. The highest BCUT2D eigenvalue weighted by atomic mass is 127. The van der Waals surface area contributed by atoms with Crippen LogP contribution in [0.2, 0.25) is 0 Å². The van der Waals surface area contributed by atoms with Gasteiger partial charge >= 0.3 is 0 Å². The second kappa shape index (κ2) is 8.79. The van der Waals surface area contributed by atoms with E-state index >= 15 is 0 Å². The van der Waals surface area contributed by atoms with Gasteiger partial charge in [0.15, 0.2) is 11.8 Å². The number of halogens is 2. The summed E-state index contributed by atoms with van der Waals surface area (Å²) < 4.78 is 18.1. The van der Waals surface area contributed by atoms with Crippen molar-refractivity contribution in [2.24, 2.45) is 4.99 Å². The summed E-state index contributed by atoms with van der Waals surface area (Å²) in [6.07, 6.45) is 2.69. The first kappa shape index (κ1) is 19.2. The summed E-state index contributed by atoms with van der Waals surface area (Å²) in [6.45, 7) is 2.87. The minimum absolute atomic E-state index is 0. The largest absolute Gasteiger partial charge is 0.361 e. The van der Waals surface area contributed by atoms with Crippen LogP contribution in [0, 0.1) is 12.7 Å². The summed E-state index contributed by atoms with van der Waals surface area (Å²) in [5.41, 5.74) is 1.93. The number of rotatable bonds is 5. The van der Waals surface area contributed by atoms with Crippen LogP contribution < -0.4 is 10.6 Å². The Balaban J connectivity index is 0.00000225. The molecule has 3 rings (SSSR count). The van der Waals surface area contributed by atoms with Gasteiger partial charge in [-0.2, -0.15) is 4.98 Å². The smallest absolute Gasteiger partial charge is 0.223 e. The number of benzene rings is 1. The Morgan fingerprint density at radius 2 is 2.20 bits per heavy atom. The molecule has 2 aromatic heterocycles. The Bertz CT molecular complexity index is 859. The summed E-state index contributed by atoms with van der Waals surface area (Å²) in [5.74, 6) is 1.53. The third-order valence-corrected chi connectivity index (χ3v) is 3.62. The third-order valence-electron chi connectivity index (χ3n) is 3.62. The number of nitrogens with one attached hydrogen (secondary N) is 3. The van der Waals surface area contributed by atoms with Gasteiger partial charge in [0.05, 0.1) is 6.54 Å². The van der Waals surface area contributed by atoms with E-state index in [1.165, 1.54) is 12.1 Å². The Morgan fingerprint density at radius 1 is 1.36 bits per heavy atom. The van der Waals surface area contributed by atoms with Gasteiger partial charge < -0.3 is 20.1 Å². The maximum absolute atomic E-state index is 13.2. The van der Waals surface area contributed by atoms with Gasteiger partial charge in [0, 0.05) is 37.6 Å². The van der Waals surface area contributed by atoms with Crippen molar-refractivity contribution in [3.8, 4) is 0 Å².